The number of hydrogen-bond acceptors (Lipinski definition) is 8. The number of nitrogen functional groups attached to an aromatic ring is 1. The Morgan fingerprint density at radius 3 is 2.57 bits per heavy atom. The van der Waals surface area contributed by atoms with E-state index in [1.165, 1.54) is 18.4 Å². The molecule has 23 heavy (non-hydrogen) atoms. The van der Waals surface area contributed by atoms with Crippen LogP contribution >= 0.6 is 11.3 Å². The zero-order chi connectivity index (χ0) is 16.4. The lowest BCUT2D eigenvalue weighted by molar-refractivity contribution is 0.380. The highest BCUT2D eigenvalue weighted by Crippen LogP contribution is 2.33. The van der Waals surface area contributed by atoms with Crippen LogP contribution in [0.5, 0.6) is 6.01 Å². The minimum atomic E-state index is 0.170. The van der Waals surface area contributed by atoms with Crippen molar-refractivity contribution in [3.63, 3.8) is 0 Å². The summed E-state index contributed by atoms with van der Waals surface area (Å²) >= 11 is 1.47. The first-order valence-electron chi connectivity index (χ1n) is 6.61. The Hall–Kier alpha value is -3.05. The molecule has 3 aromatic rings. The first-order chi connectivity index (χ1) is 11.1. The van der Waals surface area contributed by atoms with Gasteiger partial charge in [0.05, 0.1) is 28.9 Å². The number of ether oxygens (including phenoxy) is 1. The second-order valence-corrected chi connectivity index (χ2v) is 5.51. The molecule has 3 rings (SSSR count). The number of anilines is 1. The lowest BCUT2D eigenvalue weighted by atomic mass is 10.0. The van der Waals surface area contributed by atoms with Crippen molar-refractivity contribution in [2.24, 2.45) is 0 Å². The number of methoxy groups -OCH3 is 1. The zero-order valence-corrected chi connectivity index (χ0v) is 13.3. The van der Waals surface area contributed by atoms with Gasteiger partial charge >= 0.3 is 6.01 Å². The number of rotatable bonds is 3. The van der Waals surface area contributed by atoms with Crippen molar-refractivity contribution in [2.45, 2.75) is 6.92 Å². The fourth-order valence-corrected chi connectivity index (χ4v) is 2.90. The van der Waals surface area contributed by atoms with E-state index < -0.39 is 0 Å². The Labute approximate surface area is 136 Å². The Morgan fingerprint density at radius 1 is 1.26 bits per heavy atom. The number of pyridine rings is 1. The van der Waals surface area contributed by atoms with Crippen molar-refractivity contribution in [3.8, 4) is 33.8 Å². The van der Waals surface area contributed by atoms with E-state index >= 15 is 0 Å². The summed E-state index contributed by atoms with van der Waals surface area (Å²) in [5.74, 6) is 0.170. The summed E-state index contributed by atoms with van der Waals surface area (Å²) in [4.78, 5) is 17.6. The largest absolute Gasteiger partial charge is 0.467 e. The van der Waals surface area contributed by atoms with E-state index in [0.29, 0.717) is 22.4 Å². The topological polar surface area (TPSA) is 111 Å². The molecule has 0 aromatic carbocycles. The predicted octanol–water partition coefficient (Wildman–Crippen LogP) is 2.43. The molecular formula is C15H12N6OS. The standard InChI is InChI=1S/C15H12N6OS/c1-8-13(23-7-20-8)12-3-10(11(4-16)14(17)21-12)9-5-18-15(22-2)19-6-9/h3,5-7H,1-2H3,(H2,17,21). The minimum absolute atomic E-state index is 0.170. The van der Waals surface area contributed by atoms with E-state index in [1.54, 1.807) is 24.0 Å². The monoisotopic (exact) mass is 324 g/mol. The molecule has 0 atom stereocenters. The van der Waals surface area contributed by atoms with E-state index in [0.717, 1.165) is 10.6 Å². The molecule has 0 bridgehead atoms. The molecule has 0 unspecified atom stereocenters. The molecule has 114 valence electrons. The van der Waals surface area contributed by atoms with Crippen LogP contribution in [0.4, 0.5) is 5.82 Å². The van der Waals surface area contributed by atoms with Crippen LogP contribution in [0.2, 0.25) is 0 Å². The van der Waals surface area contributed by atoms with Gasteiger partial charge in [-0.05, 0) is 13.0 Å². The molecule has 0 radical (unpaired) electrons. The van der Waals surface area contributed by atoms with Gasteiger partial charge in [-0.1, -0.05) is 0 Å². The third kappa shape index (κ3) is 2.69. The van der Waals surface area contributed by atoms with Crippen LogP contribution in [0.15, 0.2) is 24.0 Å². The van der Waals surface area contributed by atoms with Crippen LogP contribution in [0.3, 0.4) is 0 Å². The van der Waals surface area contributed by atoms with Crippen LogP contribution in [-0.4, -0.2) is 27.0 Å². The highest BCUT2D eigenvalue weighted by molar-refractivity contribution is 7.13. The molecule has 8 heteroatoms. The molecule has 0 aliphatic rings. The SMILES string of the molecule is COc1ncc(-c2cc(-c3scnc3C)nc(N)c2C#N)cn1. The summed E-state index contributed by atoms with van der Waals surface area (Å²) in [6.45, 7) is 1.90. The van der Waals surface area contributed by atoms with Crippen molar-refractivity contribution >= 4 is 17.2 Å². The molecule has 2 N–H and O–H groups in total. The van der Waals surface area contributed by atoms with Gasteiger partial charge in [0, 0.05) is 23.5 Å². The highest BCUT2D eigenvalue weighted by atomic mass is 32.1. The molecule has 7 nitrogen and oxygen atoms in total. The van der Waals surface area contributed by atoms with Gasteiger partial charge in [-0.2, -0.15) is 5.26 Å². The van der Waals surface area contributed by atoms with E-state index in [-0.39, 0.29) is 11.8 Å². The normalized spacial score (nSPS) is 10.3. The zero-order valence-electron chi connectivity index (χ0n) is 12.4. The number of aryl methyl sites for hydroxylation is 1. The number of aromatic nitrogens is 4. The Morgan fingerprint density at radius 2 is 2.00 bits per heavy atom. The van der Waals surface area contributed by atoms with Gasteiger partial charge in [0.2, 0.25) is 0 Å². The quantitative estimate of drug-likeness (QED) is 0.787. The minimum Gasteiger partial charge on any atom is -0.467 e. The fourth-order valence-electron chi connectivity index (χ4n) is 2.13. The number of hydrogen-bond donors (Lipinski definition) is 1. The van der Waals surface area contributed by atoms with E-state index in [4.69, 9.17) is 10.5 Å². The molecule has 3 heterocycles. The van der Waals surface area contributed by atoms with Gasteiger partial charge in [-0.15, -0.1) is 11.3 Å². The van der Waals surface area contributed by atoms with E-state index in [9.17, 15) is 5.26 Å². The fraction of sp³-hybridized carbons (Fsp3) is 0.133. The Balaban J connectivity index is 2.20. The molecular weight excluding hydrogens is 312 g/mol. The van der Waals surface area contributed by atoms with Crippen molar-refractivity contribution < 1.29 is 4.74 Å². The van der Waals surface area contributed by atoms with Gasteiger partial charge in [0.25, 0.3) is 0 Å². The predicted molar refractivity (Wildman–Crippen MR) is 86.8 cm³/mol. The molecule has 0 fully saturated rings. The smallest absolute Gasteiger partial charge is 0.316 e. The maximum Gasteiger partial charge on any atom is 0.316 e. The summed E-state index contributed by atoms with van der Waals surface area (Å²) < 4.78 is 4.95. The first-order valence-corrected chi connectivity index (χ1v) is 7.49. The van der Waals surface area contributed by atoms with Crippen molar-refractivity contribution in [1.82, 2.24) is 19.9 Å². The van der Waals surface area contributed by atoms with Crippen molar-refractivity contribution in [1.29, 1.82) is 5.26 Å². The molecule has 0 saturated carbocycles. The lowest BCUT2D eigenvalue weighted by Gasteiger charge is -2.09. The van der Waals surface area contributed by atoms with Crippen LogP contribution < -0.4 is 10.5 Å². The van der Waals surface area contributed by atoms with Crippen LogP contribution in [0.25, 0.3) is 21.7 Å². The second kappa shape index (κ2) is 5.98. The van der Waals surface area contributed by atoms with Crippen LogP contribution in [0, 0.1) is 18.3 Å². The summed E-state index contributed by atoms with van der Waals surface area (Å²) in [5, 5.41) is 9.39. The highest BCUT2D eigenvalue weighted by Gasteiger charge is 2.16. The van der Waals surface area contributed by atoms with Gasteiger partial charge in [-0.3, -0.25) is 0 Å². The maximum absolute atomic E-state index is 9.39. The average Bonchev–Trinajstić information content (AvgIpc) is 3.00. The molecule has 0 saturated heterocycles. The first kappa shape index (κ1) is 14.9. The number of thiazole rings is 1. The van der Waals surface area contributed by atoms with E-state index in [1.807, 2.05) is 6.92 Å². The lowest BCUT2D eigenvalue weighted by Crippen LogP contribution is -2.00. The maximum atomic E-state index is 9.39. The second-order valence-electron chi connectivity index (χ2n) is 4.65. The summed E-state index contributed by atoms with van der Waals surface area (Å²) in [5.41, 5.74) is 10.8. The molecule has 0 spiro atoms. The van der Waals surface area contributed by atoms with Gasteiger partial charge in [-0.25, -0.2) is 19.9 Å². The number of nitrogens with zero attached hydrogens (tertiary/aromatic N) is 5. The third-order valence-corrected chi connectivity index (χ3v) is 4.21. The Bertz CT molecular complexity index is 897. The molecule has 0 aliphatic heterocycles. The Kier molecular flexibility index (Phi) is 3.87. The average molecular weight is 324 g/mol. The van der Waals surface area contributed by atoms with Crippen molar-refractivity contribution in [3.05, 3.63) is 35.2 Å². The van der Waals surface area contributed by atoms with Crippen molar-refractivity contribution in [2.75, 3.05) is 12.8 Å². The summed E-state index contributed by atoms with van der Waals surface area (Å²) in [6, 6.07) is 4.15. The van der Waals surface area contributed by atoms with Crippen LogP contribution in [0.1, 0.15) is 11.3 Å². The third-order valence-electron chi connectivity index (χ3n) is 3.26. The molecule has 3 aromatic heterocycles. The number of nitrogens with two attached hydrogens (primary N) is 1. The van der Waals surface area contributed by atoms with Gasteiger partial charge < -0.3 is 10.5 Å². The molecule has 0 aliphatic carbocycles. The molecule has 0 amide bonds. The number of nitriles is 1. The van der Waals surface area contributed by atoms with Gasteiger partial charge in [0.1, 0.15) is 17.5 Å². The van der Waals surface area contributed by atoms with E-state index in [2.05, 4.69) is 26.0 Å². The summed E-state index contributed by atoms with van der Waals surface area (Å²) in [6.07, 6.45) is 3.18. The van der Waals surface area contributed by atoms with Gasteiger partial charge in [0.15, 0.2) is 0 Å². The van der Waals surface area contributed by atoms with Crippen LogP contribution in [-0.2, 0) is 0 Å². The summed E-state index contributed by atoms with van der Waals surface area (Å²) in [7, 11) is 1.49.